The van der Waals surface area contributed by atoms with Crippen LogP contribution >= 0.6 is 0 Å². The van der Waals surface area contributed by atoms with Gasteiger partial charge in [0.15, 0.2) is 0 Å². The van der Waals surface area contributed by atoms with E-state index in [1.54, 1.807) is 36.4 Å². The van der Waals surface area contributed by atoms with E-state index in [0.717, 1.165) is 98.0 Å². The fourth-order valence-corrected chi connectivity index (χ4v) is 31.9. The van der Waals surface area contributed by atoms with Gasteiger partial charge in [-0.05, 0) is 283 Å². The van der Waals surface area contributed by atoms with E-state index in [-0.39, 0.29) is 127 Å². The molecule has 624 valence electrons. The number of aromatic hydroxyl groups is 6. The maximum atomic E-state index is 11.1. The predicted octanol–water partition coefficient (Wildman–Crippen LogP) is 28.5. The van der Waals surface area contributed by atoms with Crippen molar-refractivity contribution in [2.75, 3.05) is 0 Å². The zero-order chi connectivity index (χ0) is 86.7. The van der Waals surface area contributed by atoms with Gasteiger partial charge in [-0.2, -0.15) is 0 Å². The first-order valence-corrected chi connectivity index (χ1v) is 60.3. The van der Waals surface area contributed by atoms with E-state index in [0.29, 0.717) is 33.4 Å². The number of hydrogen-bond donors (Lipinski definition) is 6. The second-order valence-electron chi connectivity index (χ2n) is 32.9. The van der Waals surface area contributed by atoms with E-state index in [9.17, 15) is 30.6 Å². The number of benzene rings is 12. The first-order valence-electron chi connectivity index (χ1n) is 44.6. The summed E-state index contributed by atoms with van der Waals surface area (Å²) in [7, 11) is -9.29. The minimum absolute atomic E-state index is 0. The predicted molar refractivity (Wildman–Crippen MR) is 552 cm³/mol. The fraction of sp³-hybridized carbons (Fsp3) is 0.333. The summed E-state index contributed by atoms with van der Waals surface area (Å²) in [6, 6.07) is 80.1. The van der Waals surface area contributed by atoms with Crippen LogP contribution in [0.5, 0.6) is 34.5 Å². The monoisotopic (exact) mass is 1850 g/mol. The zero-order valence-electron chi connectivity index (χ0n) is 78.3. The Balaban J connectivity index is 0.000000283. The quantitative estimate of drug-likeness (QED) is 0.0315. The smallest absolute Gasteiger partial charge is 0.138 e. The second kappa shape index (κ2) is 47.6. The Kier molecular flexibility index (Phi) is 40.5. The summed E-state index contributed by atoms with van der Waals surface area (Å²) in [5.41, 5.74) is 31.9. The van der Waals surface area contributed by atoms with Crippen LogP contribution in [0.4, 0.5) is 0 Å². The van der Waals surface area contributed by atoms with E-state index in [2.05, 4.69) is 230 Å². The van der Waals surface area contributed by atoms with Crippen molar-refractivity contribution in [1.82, 2.24) is 0 Å². The fourth-order valence-electron chi connectivity index (χ4n) is 17.3. The van der Waals surface area contributed by atoms with Crippen molar-refractivity contribution in [3.05, 3.63) is 215 Å². The van der Waals surface area contributed by atoms with Gasteiger partial charge < -0.3 is 30.6 Å². The summed E-state index contributed by atoms with van der Waals surface area (Å²) in [5.74, 6) is 21.8. The van der Waals surface area contributed by atoms with Crippen LogP contribution in [-0.2, 0) is 0 Å². The minimum atomic E-state index is -1.55. The van der Waals surface area contributed by atoms with Gasteiger partial charge in [0.1, 0.15) is 82.9 Å². The van der Waals surface area contributed by atoms with E-state index >= 15 is 0 Å². The summed E-state index contributed by atoms with van der Waals surface area (Å²) in [6.45, 7) is 40.9. The van der Waals surface area contributed by atoms with Gasteiger partial charge in [-0.1, -0.05) is 233 Å². The molecule has 12 rings (SSSR count). The van der Waals surface area contributed by atoms with Crippen molar-refractivity contribution in [1.29, 1.82) is 0 Å². The van der Waals surface area contributed by atoms with Crippen LogP contribution in [0.1, 0.15) is 158 Å². The minimum Gasteiger partial charge on any atom is -0.507 e. The molecule has 0 saturated carbocycles. The Labute approximate surface area is 812 Å². The molecule has 16 heteroatoms. The van der Waals surface area contributed by atoms with Gasteiger partial charge in [-0.3, -0.25) is 0 Å². The molecule has 0 aromatic heterocycles. The van der Waals surface area contributed by atoms with Crippen LogP contribution < -0.4 is 0 Å². The van der Waals surface area contributed by atoms with Gasteiger partial charge >= 0.3 is 0 Å². The number of rotatable bonds is 21. The SMILES string of the molecule is CC[Si](C#Cc1ccc2c(-c3c(O)ccc4cc(C#C[Si](CC)(CC)CC)ccc34)c(O)ccc2c1)(CC)CC.CC[Si](C#Cc1ccc2c(-c3c(O)ccc4cc(C#C[Si](CC)(CC)CC)ccc34)c(O)ccc2c1)(CC)CC.CC[Si](C#Cc1ccc2c(-c3c(O)ccc4cc(C#C[Si](CC)(CC)CC)ccc34)c(O)ccc2c1)(CC)CC.[La].[Li].[Li].[Li]. The van der Waals surface area contributed by atoms with E-state index in [4.69, 9.17) is 0 Å². The van der Waals surface area contributed by atoms with Crippen molar-refractivity contribution in [2.45, 2.75) is 233 Å². The molecule has 0 bridgehead atoms. The Morgan fingerprint density at radius 1 is 0.177 bits per heavy atom. The van der Waals surface area contributed by atoms with E-state index < -0.39 is 48.4 Å². The van der Waals surface area contributed by atoms with Crippen LogP contribution in [0.3, 0.4) is 0 Å². The standard InChI is InChI=1S/3C36H42O2Si2.La.3Li/c3*1-7-39(8-2,9-3)23-21-27-13-17-31-29(25-27)15-19-33(37)35(31)36-32-18-14-28(26-30(32)16-20-34(36)38)22-24-40(10-4,11-5)12-6;;;;/h3*13-20,25-26,37-38H,7-12H2,1-6H3;;;;. The summed E-state index contributed by atoms with van der Waals surface area (Å²) in [4.78, 5) is 0. The van der Waals surface area contributed by atoms with Crippen LogP contribution in [0.15, 0.2) is 182 Å². The molecule has 4 radical (unpaired) electrons. The Morgan fingerprint density at radius 3 is 0.395 bits per heavy atom. The molecule has 0 aliphatic heterocycles. The van der Waals surface area contributed by atoms with Crippen LogP contribution in [0.25, 0.3) is 98.0 Å². The van der Waals surface area contributed by atoms with E-state index in [1.165, 1.54) is 109 Å². The first kappa shape index (κ1) is 105. The molecule has 124 heavy (non-hydrogen) atoms. The maximum absolute atomic E-state index is 11.1. The largest absolute Gasteiger partial charge is 0.507 e. The van der Waals surface area contributed by atoms with Gasteiger partial charge in [0.05, 0.1) is 0 Å². The first-order chi connectivity index (χ1) is 57.8. The second-order valence-corrected chi connectivity index (χ2v) is 62.5. The van der Waals surface area contributed by atoms with Crippen molar-refractivity contribution >= 4 is 170 Å². The van der Waals surface area contributed by atoms with Gasteiger partial charge in [-0.15, -0.1) is 33.3 Å². The van der Waals surface area contributed by atoms with Gasteiger partial charge in [0, 0.05) is 159 Å². The number of hydrogen-bond acceptors (Lipinski definition) is 6. The summed E-state index contributed by atoms with van der Waals surface area (Å²) >= 11 is 0. The number of phenolic OH excluding ortho intramolecular Hbond substituents is 6. The topological polar surface area (TPSA) is 121 Å². The maximum Gasteiger partial charge on any atom is 0.138 e. The normalized spacial score (nSPS) is 11.3. The molecule has 0 amide bonds. The van der Waals surface area contributed by atoms with Crippen LogP contribution in [-0.4, -0.2) is 136 Å². The molecule has 0 unspecified atom stereocenters. The molecule has 0 saturated heterocycles. The molecule has 0 fully saturated rings. The molecular formula is C108H126LaLi3O6Si6. The van der Waals surface area contributed by atoms with Gasteiger partial charge in [0.25, 0.3) is 0 Å². The number of phenols is 6. The van der Waals surface area contributed by atoms with E-state index in [1.807, 2.05) is 109 Å². The van der Waals surface area contributed by atoms with Crippen molar-refractivity contribution < 1.29 is 66.2 Å². The van der Waals surface area contributed by atoms with Crippen LogP contribution in [0, 0.1) is 104 Å². The van der Waals surface area contributed by atoms with Gasteiger partial charge in [0.2, 0.25) is 0 Å². The third-order valence-corrected chi connectivity index (χ3v) is 56.0. The summed E-state index contributed by atoms with van der Waals surface area (Å²) in [5, 5.41) is 77.8. The zero-order valence-corrected chi connectivity index (χ0v) is 87.9. The molecule has 0 aliphatic carbocycles. The summed E-state index contributed by atoms with van der Waals surface area (Å²) < 4.78 is 0. The molecule has 0 spiro atoms. The molecule has 6 nitrogen and oxygen atoms in total. The summed E-state index contributed by atoms with van der Waals surface area (Å²) in [6.07, 6.45) is 0. The average molecular weight is 1850 g/mol. The Morgan fingerprint density at radius 2 is 0.290 bits per heavy atom. The molecule has 6 N–H and O–H groups in total. The molecular weight excluding hydrogens is 1720 g/mol. The third kappa shape index (κ3) is 23.6. The molecule has 0 atom stereocenters. The molecule has 0 heterocycles. The van der Waals surface area contributed by atoms with Crippen molar-refractivity contribution in [3.63, 3.8) is 0 Å². The molecule has 12 aromatic rings. The molecule has 0 aliphatic rings. The van der Waals surface area contributed by atoms with Crippen LogP contribution in [0.2, 0.25) is 109 Å². The molecule has 12 aromatic carbocycles. The Bertz CT molecular complexity index is 5160. The Hall–Kier alpha value is -7.35. The van der Waals surface area contributed by atoms with Crippen molar-refractivity contribution in [3.8, 4) is 137 Å². The third-order valence-electron chi connectivity index (χ3n) is 27.8. The average Bonchev–Trinajstić information content (AvgIpc) is 0.761. The number of fused-ring (bicyclic) bond motifs is 6. The van der Waals surface area contributed by atoms with Crippen molar-refractivity contribution in [2.24, 2.45) is 0 Å². The van der Waals surface area contributed by atoms with Gasteiger partial charge in [-0.25, -0.2) is 0 Å².